The topological polar surface area (TPSA) is 37.4 Å². The van der Waals surface area contributed by atoms with Gasteiger partial charge >= 0.3 is 0 Å². The molecule has 0 saturated carbocycles. The number of nitrogens with zero attached hydrogens (tertiary/aromatic N) is 1. The molecule has 1 unspecified atom stereocenters. The van der Waals surface area contributed by atoms with Gasteiger partial charge in [-0.05, 0) is 24.6 Å². The highest BCUT2D eigenvalue weighted by atomic mass is 79.9. The molecular formula is C17H16BrNO2S. The molecule has 5 heteroatoms. The van der Waals surface area contributed by atoms with Crippen molar-refractivity contribution in [2.24, 2.45) is 0 Å². The number of hydrogen-bond acceptors (Lipinski definition) is 2. The summed E-state index contributed by atoms with van der Waals surface area (Å²) in [6.45, 7) is 2.31. The largest absolute Gasteiger partial charge is 0.244 e. The molecular weight excluding hydrogens is 362 g/mol. The first-order valence-corrected chi connectivity index (χ1v) is 9.22. The highest BCUT2D eigenvalue weighted by molar-refractivity contribution is 9.11. The average Bonchev–Trinajstić information content (AvgIpc) is 2.91. The van der Waals surface area contributed by atoms with Crippen molar-refractivity contribution in [2.75, 3.05) is 6.54 Å². The quantitative estimate of drug-likeness (QED) is 0.809. The standard InChI is InChI=1S/C17H16BrNO2S/c1-13-7-9-15(10-8-13)22(20,21)19-12-11-16(18)17(19)14-5-3-2-4-6-14/h2-11,17H,12H2,1H3. The van der Waals surface area contributed by atoms with Gasteiger partial charge in [-0.25, -0.2) is 8.42 Å². The minimum atomic E-state index is -3.53. The van der Waals surface area contributed by atoms with Crippen LogP contribution in [0.1, 0.15) is 17.2 Å². The number of hydrogen-bond donors (Lipinski definition) is 0. The molecule has 1 heterocycles. The number of halogens is 1. The Balaban J connectivity index is 2.02. The lowest BCUT2D eigenvalue weighted by atomic mass is 10.1. The molecule has 0 aliphatic carbocycles. The van der Waals surface area contributed by atoms with Crippen molar-refractivity contribution in [3.8, 4) is 0 Å². The van der Waals surface area contributed by atoms with Gasteiger partial charge in [0.25, 0.3) is 0 Å². The van der Waals surface area contributed by atoms with Crippen molar-refractivity contribution in [1.29, 1.82) is 0 Å². The van der Waals surface area contributed by atoms with Crippen LogP contribution in [-0.2, 0) is 10.0 Å². The number of sulfonamides is 1. The van der Waals surface area contributed by atoms with Crippen LogP contribution in [0, 0.1) is 6.92 Å². The first-order valence-electron chi connectivity index (χ1n) is 6.99. The van der Waals surface area contributed by atoms with Gasteiger partial charge in [0.05, 0.1) is 10.9 Å². The second-order valence-electron chi connectivity index (χ2n) is 5.29. The molecule has 0 fully saturated rings. The van der Waals surface area contributed by atoms with Crippen molar-refractivity contribution >= 4 is 26.0 Å². The fraction of sp³-hybridized carbons (Fsp3) is 0.176. The van der Waals surface area contributed by atoms with E-state index in [0.717, 1.165) is 15.6 Å². The third-order valence-corrected chi connectivity index (χ3v) is 6.36. The SMILES string of the molecule is Cc1ccc(S(=O)(=O)N2CC=C(Br)C2c2ccccc2)cc1. The van der Waals surface area contributed by atoms with Crippen molar-refractivity contribution in [3.63, 3.8) is 0 Å². The van der Waals surface area contributed by atoms with Gasteiger partial charge in [0, 0.05) is 11.0 Å². The molecule has 1 aliphatic heterocycles. The molecule has 114 valence electrons. The highest BCUT2D eigenvalue weighted by Crippen LogP contribution is 2.40. The Morgan fingerprint density at radius 2 is 1.68 bits per heavy atom. The molecule has 0 radical (unpaired) electrons. The Kier molecular flexibility index (Phi) is 4.21. The van der Waals surface area contributed by atoms with Gasteiger partial charge < -0.3 is 0 Å². The van der Waals surface area contributed by atoms with Crippen LogP contribution in [0.2, 0.25) is 0 Å². The first-order chi connectivity index (χ1) is 10.5. The van der Waals surface area contributed by atoms with Crippen LogP contribution in [0.3, 0.4) is 0 Å². The number of rotatable bonds is 3. The van der Waals surface area contributed by atoms with Gasteiger partial charge in [-0.1, -0.05) is 70.0 Å². The van der Waals surface area contributed by atoms with Gasteiger partial charge in [-0.15, -0.1) is 0 Å². The highest BCUT2D eigenvalue weighted by Gasteiger charge is 2.36. The molecule has 2 aromatic rings. The fourth-order valence-corrected chi connectivity index (χ4v) is 4.90. The number of benzene rings is 2. The zero-order valence-electron chi connectivity index (χ0n) is 12.1. The van der Waals surface area contributed by atoms with E-state index in [0.29, 0.717) is 11.4 Å². The van der Waals surface area contributed by atoms with E-state index in [1.54, 1.807) is 12.1 Å². The van der Waals surface area contributed by atoms with Crippen molar-refractivity contribution in [3.05, 3.63) is 76.3 Å². The monoisotopic (exact) mass is 377 g/mol. The van der Waals surface area contributed by atoms with E-state index >= 15 is 0 Å². The Hall–Kier alpha value is -1.43. The molecule has 0 saturated heterocycles. The van der Waals surface area contributed by atoms with Gasteiger partial charge in [0.15, 0.2) is 0 Å². The van der Waals surface area contributed by atoms with E-state index < -0.39 is 10.0 Å². The Morgan fingerprint density at radius 1 is 1.05 bits per heavy atom. The van der Waals surface area contributed by atoms with E-state index in [1.165, 1.54) is 4.31 Å². The maximum Gasteiger partial charge on any atom is 0.244 e. The maximum absolute atomic E-state index is 12.9. The summed E-state index contributed by atoms with van der Waals surface area (Å²) in [6, 6.07) is 16.3. The lowest BCUT2D eigenvalue weighted by Crippen LogP contribution is -2.31. The van der Waals surface area contributed by atoms with Gasteiger partial charge in [-0.3, -0.25) is 0 Å². The summed E-state index contributed by atoms with van der Waals surface area (Å²) in [6.07, 6.45) is 1.91. The molecule has 3 rings (SSSR count). The smallest absolute Gasteiger partial charge is 0.207 e. The third kappa shape index (κ3) is 2.76. The predicted molar refractivity (Wildman–Crippen MR) is 91.3 cm³/mol. The minimum Gasteiger partial charge on any atom is -0.207 e. The summed E-state index contributed by atoms with van der Waals surface area (Å²) >= 11 is 3.51. The normalized spacial score (nSPS) is 19.2. The van der Waals surface area contributed by atoms with E-state index in [4.69, 9.17) is 0 Å². The van der Waals surface area contributed by atoms with Crippen LogP contribution >= 0.6 is 15.9 Å². The summed E-state index contributed by atoms with van der Waals surface area (Å²) in [5, 5.41) is 0. The zero-order valence-corrected chi connectivity index (χ0v) is 14.5. The van der Waals surface area contributed by atoms with Crippen LogP contribution < -0.4 is 0 Å². The lowest BCUT2D eigenvalue weighted by molar-refractivity contribution is 0.416. The van der Waals surface area contributed by atoms with Crippen molar-refractivity contribution in [2.45, 2.75) is 17.9 Å². The molecule has 0 N–H and O–H groups in total. The molecule has 1 aliphatic rings. The molecule has 2 aromatic carbocycles. The van der Waals surface area contributed by atoms with Gasteiger partial charge in [0.2, 0.25) is 10.0 Å². The molecule has 0 spiro atoms. The summed E-state index contributed by atoms with van der Waals surface area (Å²) in [5.41, 5.74) is 2.00. The van der Waals surface area contributed by atoms with E-state index in [-0.39, 0.29) is 6.04 Å². The van der Waals surface area contributed by atoms with Crippen LogP contribution in [-0.4, -0.2) is 19.3 Å². The van der Waals surface area contributed by atoms with E-state index in [2.05, 4.69) is 15.9 Å². The second kappa shape index (κ2) is 5.99. The summed E-state index contributed by atoms with van der Waals surface area (Å²) in [4.78, 5) is 0.328. The lowest BCUT2D eigenvalue weighted by Gasteiger charge is -2.25. The van der Waals surface area contributed by atoms with Crippen molar-refractivity contribution < 1.29 is 8.42 Å². The summed E-state index contributed by atoms with van der Waals surface area (Å²) in [5.74, 6) is 0. The van der Waals surface area contributed by atoms with E-state index in [9.17, 15) is 8.42 Å². The molecule has 0 aromatic heterocycles. The Labute approximate surface area is 139 Å². The Bertz CT molecular complexity index is 798. The molecule has 0 bridgehead atoms. The summed E-state index contributed by atoms with van der Waals surface area (Å²) in [7, 11) is -3.53. The average molecular weight is 378 g/mol. The summed E-state index contributed by atoms with van der Waals surface area (Å²) < 4.78 is 28.3. The third-order valence-electron chi connectivity index (χ3n) is 3.76. The molecule has 1 atom stereocenters. The second-order valence-corrected chi connectivity index (χ2v) is 8.10. The van der Waals surface area contributed by atoms with Crippen molar-refractivity contribution in [1.82, 2.24) is 4.31 Å². The zero-order chi connectivity index (χ0) is 15.7. The van der Waals surface area contributed by atoms with Crippen LogP contribution in [0.25, 0.3) is 0 Å². The van der Waals surface area contributed by atoms with Gasteiger partial charge in [-0.2, -0.15) is 4.31 Å². The predicted octanol–water partition coefficient (Wildman–Crippen LogP) is 4.02. The molecule has 0 amide bonds. The van der Waals surface area contributed by atoms with Gasteiger partial charge in [0.1, 0.15) is 0 Å². The number of aryl methyl sites for hydroxylation is 1. The van der Waals surface area contributed by atoms with E-state index in [1.807, 2.05) is 55.5 Å². The van der Waals surface area contributed by atoms with Crippen LogP contribution in [0.4, 0.5) is 0 Å². The van der Waals surface area contributed by atoms with Crippen LogP contribution in [0.15, 0.2) is 70.1 Å². The maximum atomic E-state index is 12.9. The Morgan fingerprint density at radius 3 is 2.32 bits per heavy atom. The van der Waals surface area contributed by atoms with Crippen LogP contribution in [0.5, 0.6) is 0 Å². The molecule has 3 nitrogen and oxygen atoms in total. The first kappa shape index (κ1) is 15.5. The minimum absolute atomic E-state index is 0.299. The fourth-order valence-electron chi connectivity index (χ4n) is 2.58. The molecule has 22 heavy (non-hydrogen) atoms.